The van der Waals surface area contributed by atoms with Crippen LogP contribution in [0.25, 0.3) is 0 Å². The lowest BCUT2D eigenvalue weighted by atomic mass is 10.0. The topological polar surface area (TPSA) is 111 Å². The Bertz CT molecular complexity index is 994. The van der Waals surface area contributed by atoms with E-state index in [2.05, 4.69) is 5.32 Å². The molecule has 0 atom stereocenters. The number of aryl methyl sites for hydroxylation is 1. The number of methoxy groups -OCH3 is 2. The molecule has 1 heterocycles. The van der Waals surface area contributed by atoms with Crippen LogP contribution >= 0.6 is 0 Å². The van der Waals surface area contributed by atoms with E-state index in [4.69, 9.17) is 9.47 Å². The average Bonchev–Trinajstić information content (AvgIpc) is 2.66. The summed E-state index contributed by atoms with van der Waals surface area (Å²) in [7, 11) is -1.23. The smallest absolute Gasteiger partial charge is 0.265 e. The first-order valence-electron chi connectivity index (χ1n) is 8.05. The fourth-order valence-corrected chi connectivity index (χ4v) is 3.73. The molecule has 0 aliphatic carbocycles. The molecule has 2 aromatic rings. The molecule has 8 nitrogen and oxygen atoms in total. The van der Waals surface area contributed by atoms with Crippen LogP contribution in [0.1, 0.15) is 22.3 Å². The van der Waals surface area contributed by atoms with Crippen LogP contribution in [-0.2, 0) is 21.2 Å². The molecule has 0 fully saturated rings. The zero-order chi connectivity index (χ0) is 19.6. The van der Waals surface area contributed by atoms with E-state index in [-0.39, 0.29) is 22.8 Å². The third-order valence-corrected chi connectivity index (χ3v) is 5.45. The first-order chi connectivity index (χ1) is 12.8. The van der Waals surface area contributed by atoms with Gasteiger partial charge in [-0.05, 0) is 42.3 Å². The number of nitrogens with one attached hydrogen (secondary N) is 2. The van der Waals surface area contributed by atoms with Crippen LogP contribution in [0, 0.1) is 0 Å². The van der Waals surface area contributed by atoms with Gasteiger partial charge in [-0.3, -0.25) is 9.59 Å². The van der Waals surface area contributed by atoms with Crippen molar-refractivity contribution in [2.24, 2.45) is 0 Å². The Morgan fingerprint density at radius 3 is 2.33 bits per heavy atom. The Labute approximate surface area is 156 Å². The monoisotopic (exact) mass is 390 g/mol. The number of sulfonamides is 1. The second-order valence-electron chi connectivity index (χ2n) is 5.90. The minimum atomic E-state index is -4.09. The quantitative estimate of drug-likeness (QED) is 0.804. The number of benzene rings is 2. The van der Waals surface area contributed by atoms with Crippen LogP contribution in [0.4, 0.5) is 5.69 Å². The molecule has 2 N–H and O–H groups in total. The lowest BCUT2D eigenvalue weighted by Crippen LogP contribution is -2.31. The van der Waals surface area contributed by atoms with Gasteiger partial charge in [0, 0.05) is 23.7 Å². The highest BCUT2D eigenvalue weighted by Gasteiger charge is 2.23. The summed E-state index contributed by atoms with van der Waals surface area (Å²) in [6.45, 7) is 0. The molecule has 0 bridgehead atoms. The SMILES string of the molecule is COc1cc(OC)cc(C(=O)NS(=O)(=O)c2ccc3c(c2)CCC(=O)N3)c1. The molecular formula is C18H18N2O6S. The van der Waals surface area contributed by atoms with Crippen LogP contribution in [0.3, 0.4) is 0 Å². The third-order valence-electron chi connectivity index (χ3n) is 4.12. The van der Waals surface area contributed by atoms with Crippen molar-refractivity contribution in [3.63, 3.8) is 0 Å². The van der Waals surface area contributed by atoms with Crippen LogP contribution in [-0.4, -0.2) is 34.5 Å². The molecule has 0 spiro atoms. The van der Waals surface area contributed by atoms with Crippen molar-refractivity contribution in [2.75, 3.05) is 19.5 Å². The summed E-state index contributed by atoms with van der Waals surface area (Å²) in [5, 5.41) is 2.68. The van der Waals surface area contributed by atoms with Crippen LogP contribution < -0.4 is 19.5 Å². The van der Waals surface area contributed by atoms with E-state index in [9.17, 15) is 18.0 Å². The minimum absolute atomic E-state index is 0.0550. The van der Waals surface area contributed by atoms with Crippen LogP contribution in [0.2, 0.25) is 0 Å². The Kier molecular flexibility index (Phi) is 5.04. The van der Waals surface area contributed by atoms with E-state index in [1.165, 1.54) is 44.6 Å². The van der Waals surface area contributed by atoms with Gasteiger partial charge < -0.3 is 14.8 Å². The van der Waals surface area contributed by atoms with Crippen LogP contribution in [0.15, 0.2) is 41.3 Å². The maximum Gasteiger partial charge on any atom is 0.265 e. The first kappa shape index (κ1) is 18.7. The zero-order valence-corrected chi connectivity index (χ0v) is 15.6. The number of anilines is 1. The molecular weight excluding hydrogens is 372 g/mol. The van der Waals surface area contributed by atoms with E-state index < -0.39 is 15.9 Å². The summed E-state index contributed by atoms with van der Waals surface area (Å²) in [6.07, 6.45) is 0.720. The zero-order valence-electron chi connectivity index (χ0n) is 14.7. The van der Waals surface area contributed by atoms with Gasteiger partial charge in [-0.15, -0.1) is 0 Å². The third kappa shape index (κ3) is 4.03. The van der Waals surface area contributed by atoms with Crippen molar-refractivity contribution in [1.82, 2.24) is 4.72 Å². The van der Waals surface area contributed by atoms with Crippen LogP contribution in [0.5, 0.6) is 11.5 Å². The van der Waals surface area contributed by atoms with E-state index >= 15 is 0 Å². The summed E-state index contributed by atoms with van der Waals surface area (Å²) in [5.41, 5.74) is 1.36. The largest absolute Gasteiger partial charge is 0.497 e. The summed E-state index contributed by atoms with van der Waals surface area (Å²) in [4.78, 5) is 23.8. The number of hydrogen-bond donors (Lipinski definition) is 2. The van der Waals surface area contributed by atoms with Gasteiger partial charge in [0.2, 0.25) is 5.91 Å². The Balaban J connectivity index is 1.86. The fraction of sp³-hybridized carbons (Fsp3) is 0.222. The highest BCUT2D eigenvalue weighted by Crippen LogP contribution is 2.26. The second kappa shape index (κ2) is 7.28. The van der Waals surface area contributed by atoms with Gasteiger partial charge in [-0.2, -0.15) is 0 Å². The van der Waals surface area contributed by atoms with Crippen molar-refractivity contribution in [3.8, 4) is 11.5 Å². The Hall–Kier alpha value is -3.07. The maximum absolute atomic E-state index is 12.6. The molecule has 2 amide bonds. The van der Waals surface area contributed by atoms with E-state index in [1.54, 1.807) is 6.07 Å². The predicted molar refractivity (Wildman–Crippen MR) is 97.6 cm³/mol. The summed E-state index contributed by atoms with van der Waals surface area (Å²) >= 11 is 0. The minimum Gasteiger partial charge on any atom is -0.497 e. The molecule has 142 valence electrons. The average molecular weight is 390 g/mol. The van der Waals surface area contributed by atoms with Gasteiger partial charge in [0.15, 0.2) is 0 Å². The molecule has 0 unspecified atom stereocenters. The summed E-state index contributed by atoms with van der Waals surface area (Å²) in [6, 6.07) is 8.71. The number of carbonyl (C=O) groups excluding carboxylic acids is 2. The molecule has 9 heteroatoms. The van der Waals surface area contributed by atoms with Crippen molar-refractivity contribution in [2.45, 2.75) is 17.7 Å². The summed E-state index contributed by atoms with van der Waals surface area (Å²) < 4.78 is 37.4. The molecule has 3 rings (SSSR count). The number of hydrogen-bond acceptors (Lipinski definition) is 6. The molecule has 1 aliphatic heterocycles. The molecule has 27 heavy (non-hydrogen) atoms. The van der Waals surface area contributed by atoms with Gasteiger partial charge in [0.1, 0.15) is 11.5 Å². The molecule has 0 saturated heterocycles. The van der Waals surface area contributed by atoms with Crippen molar-refractivity contribution in [3.05, 3.63) is 47.5 Å². The fourth-order valence-electron chi connectivity index (χ4n) is 2.71. The Morgan fingerprint density at radius 2 is 1.70 bits per heavy atom. The van der Waals surface area contributed by atoms with Crippen molar-refractivity contribution < 1.29 is 27.5 Å². The molecule has 0 aromatic heterocycles. The lowest BCUT2D eigenvalue weighted by molar-refractivity contribution is -0.116. The predicted octanol–water partition coefficient (Wildman–Crippen LogP) is 1.71. The summed E-state index contributed by atoms with van der Waals surface area (Å²) in [5.74, 6) is -0.195. The second-order valence-corrected chi connectivity index (χ2v) is 7.59. The highest BCUT2D eigenvalue weighted by molar-refractivity contribution is 7.90. The number of amides is 2. The standard InChI is InChI=1S/C18H18N2O6S/c1-25-13-7-12(8-14(10-13)26-2)18(22)20-27(23,24)15-4-5-16-11(9-15)3-6-17(21)19-16/h4-5,7-10H,3,6H2,1-2H3,(H,19,21)(H,20,22). The first-order valence-corrected chi connectivity index (χ1v) is 9.53. The van der Waals surface area contributed by atoms with Gasteiger partial charge in [0.05, 0.1) is 19.1 Å². The highest BCUT2D eigenvalue weighted by atomic mass is 32.2. The number of rotatable bonds is 5. The molecule has 1 aliphatic rings. The molecule has 2 aromatic carbocycles. The van der Waals surface area contributed by atoms with E-state index in [0.29, 0.717) is 29.2 Å². The van der Waals surface area contributed by atoms with Gasteiger partial charge in [-0.25, -0.2) is 13.1 Å². The number of fused-ring (bicyclic) bond motifs is 1. The maximum atomic E-state index is 12.6. The van der Waals surface area contributed by atoms with E-state index in [0.717, 1.165) is 0 Å². The lowest BCUT2D eigenvalue weighted by Gasteiger charge is -2.17. The molecule has 0 saturated carbocycles. The van der Waals surface area contributed by atoms with Gasteiger partial charge in [0.25, 0.3) is 15.9 Å². The van der Waals surface area contributed by atoms with Gasteiger partial charge in [-0.1, -0.05) is 0 Å². The molecule has 0 radical (unpaired) electrons. The van der Waals surface area contributed by atoms with Crippen molar-refractivity contribution >= 4 is 27.5 Å². The Morgan fingerprint density at radius 1 is 1.04 bits per heavy atom. The van der Waals surface area contributed by atoms with Gasteiger partial charge >= 0.3 is 0 Å². The van der Waals surface area contributed by atoms with Crippen molar-refractivity contribution in [1.29, 1.82) is 0 Å². The van der Waals surface area contributed by atoms with E-state index in [1.807, 2.05) is 4.72 Å². The number of ether oxygens (including phenoxy) is 2. The number of carbonyl (C=O) groups is 2. The normalized spacial score (nSPS) is 13.3.